The Hall–Kier alpha value is -2.00. The lowest BCUT2D eigenvalue weighted by Gasteiger charge is -2.39. The van der Waals surface area contributed by atoms with Crippen LogP contribution < -0.4 is 0 Å². The summed E-state index contributed by atoms with van der Waals surface area (Å²) in [6.45, 7) is 6.34. The number of nitrogens with zero attached hydrogens (tertiary/aromatic N) is 5. The minimum atomic E-state index is -0.550. The molecule has 0 radical (unpaired) electrons. The maximum atomic E-state index is 14.5. The van der Waals surface area contributed by atoms with Crippen LogP contribution in [-0.2, 0) is 4.74 Å². The van der Waals surface area contributed by atoms with Gasteiger partial charge in [-0.15, -0.1) is 5.10 Å². The lowest BCUT2D eigenvalue weighted by molar-refractivity contribution is -0.0000465. The van der Waals surface area contributed by atoms with Crippen LogP contribution in [0.2, 0.25) is 5.02 Å². The minimum absolute atomic E-state index is 0.0846. The number of hydrogen-bond donors (Lipinski definition) is 0. The van der Waals surface area contributed by atoms with Crippen LogP contribution in [0.5, 0.6) is 0 Å². The molecular formula is C17H16BrClFN5O2. The largest absolute Gasteiger partial charge is 0.444 e. The van der Waals surface area contributed by atoms with Crippen LogP contribution in [-0.4, -0.2) is 49.7 Å². The van der Waals surface area contributed by atoms with Crippen LogP contribution in [0.4, 0.5) is 9.18 Å². The molecular weight excluding hydrogens is 441 g/mol. The molecule has 1 aromatic carbocycles. The standard InChI is InChI=1S/C17H16BrClFN5O2/c1-17(2,3)27-16(26)24-6-8(7-24)25-15-9-4-10(19)12(18)13(20)14(9)21-5-11(15)22-23-25/h4-5,8H,6-7H2,1-3H3. The third-order valence-electron chi connectivity index (χ3n) is 4.29. The smallest absolute Gasteiger partial charge is 0.410 e. The van der Waals surface area contributed by atoms with Crippen molar-refractivity contribution in [1.29, 1.82) is 0 Å². The van der Waals surface area contributed by atoms with E-state index in [2.05, 4.69) is 31.2 Å². The van der Waals surface area contributed by atoms with Crippen LogP contribution in [0.1, 0.15) is 26.8 Å². The highest BCUT2D eigenvalue weighted by Gasteiger charge is 2.36. The molecule has 0 aliphatic carbocycles. The van der Waals surface area contributed by atoms with Crippen LogP contribution >= 0.6 is 27.5 Å². The fourth-order valence-corrected chi connectivity index (χ4v) is 3.51. The number of pyridine rings is 1. The molecule has 0 bridgehead atoms. The summed E-state index contributed by atoms with van der Waals surface area (Å²) in [7, 11) is 0. The van der Waals surface area contributed by atoms with E-state index in [1.165, 1.54) is 6.20 Å². The lowest BCUT2D eigenvalue weighted by atomic mass is 10.1. The zero-order valence-electron chi connectivity index (χ0n) is 14.8. The second-order valence-electron chi connectivity index (χ2n) is 7.45. The van der Waals surface area contributed by atoms with Crippen molar-refractivity contribution < 1.29 is 13.9 Å². The van der Waals surface area contributed by atoms with Crippen molar-refractivity contribution in [3.05, 3.63) is 27.6 Å². The molecule has 4 rings (SSSR count). The van der Waals surface area contributed by atoms with Crippen LogP contribution in [0.3, 0.4) is 0 Å². The summed E-state index contributed by atoms with van der Waals surface area (Å²) in [4.78, 5) is 17.9. The van der Waals surface area contributed by atoms with Crippen LogP contribution in [0, 0.1) is 5.82 Å². The van der Waals surface area contributed by atoms with Gasteiger partial charge in [0.05, 0.1) is 21.7 Å². The van der Waals surface area contributed by atoms with Gasteiger partial charge < -0.3 is 9.64 Å². The number of carbonyl (C=O) groups excluding carboxylic acids is 1. The van der Waals surface area contributed by atoms with E-state index < -0.39 is 11.4 Å². The molecule has 0 atom stereocenters. The van der Waals surface area contributed by atoms with E-state index in [9.17, 15) is 9.18 Å². The Labute approximate surface area is 167 Å². The minimum Gasteiger partial charge on any atom is -0.444 e. The molecule has 1 aliphatic rings. The van der Waals surface area contributed by atoms with Gasteiger partial charge in [0, 0.05) is 18.5 Å². The maximum absolute atomic E-state index is 14.5. The number of likely N-dealkylation sites (tertiary alicyclic amines) is 1. The first-order chi connectivity index (χ1) is 12.7. The molecule has 1 aliphatic heterocycles. The summed E-state index contributed by atoms with van der Waals surface area (Å²) >= 11 is 9.26. The van der Waals surface area contributed by atoms with Gasteiger partial charge >= 0.3 is 6.09 Å². The number of carbonyl (C=O) groups is 1. The molecule has 7 nitrogen and oxygen atoms in total. The lowest BCUT2D eigenvalue weighted by Crippen LogP contribution is -2.52. The highest BCUT2D eigenvalue weighted by molar-refractivity contribution is 9.10. The Kier molecular flexibility index (Phi) is 4.27. The number of ether oxygens (including phenoxy) is 1. The van der Waals surface area contributed by atoms with Crippen molar-refractivity contribution in [2.24, 2.45) is 0 Å². The molecule has 0 unspecified atom stereocenters. The summed E-state index contributed by atoms with van der Waals surface area (Å²) in [6.07, 6.45) is 1.11. The maximum Gasteiger partial charge on any atom is 0.410 e. The summed E-state index contributed by atoms with van der Waals surface area (Å²) in [6, 6.07) is 1.56. The first-order valence-electron chi connectivity index (χ1n) is 8.31. The van der Waals surface area contributed by atoms with Gasteiger partial charge in [0.1, 0.15) is 22.2 Å². The van der Waals surface area contributed by atoms with Crippen molar-refractivity contribution in [2.75, 3.05) is 13.1 Å². The molecule has 1 saturated heterocycles. The van der Waals surface area contributed by atoms with E-state index in [1.807, 2.05) is 20.8 Å². The van der Waals surface area contributed by atoms with Gasteiger partial charge in [0.15, 0.2) is 5.82 Å². The van der Waals surface area contributed by atoms with Gasteiger partial charge in [0.25, 0.3) is 0 Å². The number of hydrogen-bond acceptors (Lipinski definition) is 5. The van der Waals surface area contributed by atoms with Gasteiger partial charge in [-0.25, -0.2) is 13.9 Å². The van der Waals surface area contributed by atoms with Crippen molar-refractivity contribution in [1.82, 2.24) is 24.9 Å². The molecule has 3 aromatic rings. The van der Waals surface area contributed by atoms with E-state index >= 15 is 0 Å². The molecule has 27 heavy (non-hydrogen) atoms. The first-order valence-corrected chi connectivity index (χ1v) is 9.48. The molecule has 142 valence electrons. The highest BCUT2D eigenvalue weighted by Crippen LogP contribution is 2.35. The van der Waals surface area contributed by atoms with E-state index in [1.54, 1.807) is 15.6 Å². The van der Waals surface area contributed by atoms with Crippen molar-refractivity contribution in [3.8, 4) is 0 Å². The van der Waals surface area contributed by atoms with E-state index in [0.29, 0.717) is 29.5 Å². The van der Waals surface area contributed by atoms with E-state index in [4.69, 9.17) is 16.3 Å². The molecule has 0 N–H and O–H groups in total. The fourth-order valence-electron chi connectivity index (χ4n) is 3.01. The number of benzene rings is 1. The zero-order chi connectivity index (χ0) is 19.5. The van der Waals surface area contributed by atoms with Gasteiger partial charge in [-0.05, 0) is 42.8 Å². The summed E-state index contributed by atoms with van der Waals surface area (Å²) in [5.41, 5.74) is 0.815. The van der Waals surface area contributed by atoms with Gasteiger partial charge in [0.2, 0.25) is 0 Å². The van der Waals surface area contributed by atoms with Crippen LogP contribution in [0.25, 0.3) is 21.9 Å². The second kappa shape index (κ2) is 6.27. The fraction of sp³-hybridized carbons (Fsp3) is 0.412. The van der Waals surface area contributed by atoms with Gasteiger partial charge in [-0.3, -0.25) is 4.98 Å². The number of amides is 1. The molecule has 0 spiro atoms. The number of fused-ring (bicyclic) bond motifs is 3. The Bertz CT molecular complexity index is 1070. The predicted molar refractivity (Wildman–Crippen MR) is 102 cm³/mol. The summed E-state index contributed by atoms with van der Waals surface area (Å²) in [5.74, 6) is -0.531. The van der Waals surface area contributed by atoms with E-state index in [0.717, 1.165) is 0 Å². The zero-order valence-corrected chi connectivity index (χ0v) is 17.2. The molecule has 2 aromatic heterocycles. The van der Waals surface area contributed by atoms with Gasteiger partial charge in [-0.2, -0.15) is 0 Å². The monoisotopic (exact) mass is 455 g/mol. The molecule has 1 amide bonds. The molecule has 0 saturated carbocycles. The highest BCUT2D eigenvalue weighted by atomic mass is 79.9. The Morgan fingerprint density at radius 3 is 2.78 bits per heavy atom. The van der Waals surface area contributed by atoms with Crippen molar-refractivity contribution in [2.45, 2.75) is 32.4 Å². The normalized spacial score (nSPS) is 15.4. The quantitative estimate of drug-likeness (QED) is 0.510. The summed E-state index contributed by atoms with van der Waals surface area (Å²) < 4.78 is 21.8. The Morgan fingerprint density at radius 2 is 2.11 bits per heavy atom. The number of halogens is 3. The summed E-state index contributed by atoms with van der Waals surface area (Å²) in [5, 5.41) is 9.08. The average molecular weight is 457 g/mol. The third-order valence-corrected chi connectivity index (χ3v) is 5.59. The molecule has 3 heterocycles. The SMILES string of the molecule is CC(C)(C)OC(=O)N1CC(n2nnc3cnc4c(F)c(Br)c(Cl)cc4c32)C1. The van der Waals surface area contributed by atoms with Crippen LogP contribution in [0.15, 0.2) is 16.7 Å². The first kappa shape index (κ1) is 18.4. The predicted octanol–water partition coefficient (Wildman–Crippen LogP) is 4.33. The van der Waals surface area contributed by atoms with Crippen molar-refractivity contribution in [3.63, 3.8) is 0 Å². The molecule has 10 heteroatoms. The number of rotatable bonds is 1. The van der Waals surface area contributed by atoms with Crippen molar-refractivity contribution >= 4 is 55.6 Å². The number of aromatic nitrogens is 4. The third kappa shape index (κ3) is 3.12. The van der Waals surface area contributed by atoms with E-state index in [-0.39, 0.29) is 27.1 Å². The Morgan fingerprint density at radius 1 is 1.41 bits per heavy atom. The van der Waals surface area contributed by atoms with Gasteiger partial charge in [-0.1, -0.05) is 16.8 Å². The second-order valence-corrected chi connectivity index (χ2v) is 8.65. The molecule has 1 fully saturated rings. The Balaban J connectivity index is 1.69. The topological polar surface area (TPSA) is 73.1 Å². The average Bonchev–Trinajstić information content (AvgIpc) is 2.94.